The van der Waals surface area contributed by atoms with Crippen LogP contribution >= 0.6 is 23.2 Å². The minimum absolute atomic E-state index is 0.0131. The summed E-state index contributed by atoms with van der Waals surface area (Å²) in [6.07, 6.45) is -1.07. The molecule has 5 N–H and O–H groups in total. The molecule has 12 nitrogen and oxygen atoms in total. The molecule has 0 radical (unpaired) electrons. The van der Waals surface area contributed by atoms with Crippen molar-refractivity contribution in [3.05, 3.63) is 44.2 Å². The van der Waals surface area contributed by atoms with E-state index in [9.17, 15) is 19.2 Å². The average molecular weight is 499 g/mol. The Morgan fingerprint density at radius 1 is 1.21 bits per heavy atom. The minimum Gasteiger partial charge on any atom is -0.450 e. The highest BCUT2D eigenvalue weighted by Gasteiger charge is 2.21. The molecule has 0 aliphatic carbocycles. The van der Waals surface area contributed by atoms with Gasteiger partial charge in [0.1, 0.15) is 0 Å². The standard InChI is InChI=1S/C19H20Cl2N6O6/c1-4-32-19(31)23-18(30)14(16(22)28)26-24-9-5-11(20)15(12(21)6-9)33-13-7-10(8(2)3)17(29)27-25-13/h5-8,24H,4H2,1-3H3,(H2,22,28)(H,27,29)(H,23,30,31)/b26-14+. The number of amides is 3. The number of imide groups is 1. The summed E-state index contributed by atoms with van der Waals surface area (Å²) in [5, 5.41) is 11.6. The molecule has 0 unspecified atom stereocenters. The number of rotatable bonds is 8. The topological polar surface area (TPSA) is 178 Å². The maximum Gasteiger partial charge on any atom is 0.414 e. The first-order chi connectivity index (χ1) is 15.5. The number of hydrogen-bond donors (Lipinski definition) is 4. The van der Waals surface area contributed by atoms with Crippen LogP contribution in [0.3, 0.4) is 0 Å². The second kappa shape index (κ2) is 11.3. The Morgan fingerprint density at radius 3 is 2.39 bits per heavy atom. The van der Waals surface area contributed by atoms with Crippen LogP contribution in [0, 0.1) is 0 Å². The van der Waals surface area contributed by atoms with E-state index in [1.807, 2.05) is 13.8 Å². The molecule has 2 rings (SSSR count). The molecule has 176 valence electrons. The molecule has 3 amide bonds. The maximum absolute atomic E-state index is 12.0. The van der Waals surface area contributed by atoms with Gasteiger partial charge in [-0.15, -0.1) is 5.10 Å². The molecule has 0 aliphatic rings. The van der Waals surface area contributed by atoms with E-state index in [0.29, 0.717) is 5.56 Å². The minimum atomic E-state index is -1.20. The first-order valence-electron chi connectivity index (χ1n) is 9.41. The summed E-state index contributed by atoms with van der Waals surface area (Å²) in [5.74, 6) is -2.35. The molecule has 0 spiro atoms. The molecule has 14 heteroatoms. The van der Waals surface area contributed by atoms with Gasteiger partial charge >= 0.3 is 6.09 Å². The lowest BCUT2D eigenvalue weighted by Gasteiger charge is -2.12. The third-order valence-corrected chi connectivity index (χ3v) is 4.43. The average Bonchev–Trinajstić information content (AvgIpc) is 2.71. The zero-order chi connectivity index (χ0) is 24.7. The number of nitrogens with one attached hydrogen (secondary N) is 3. The first kappa shape index (κ1) is 25.6. The van der Waals surface area contributed by atoms with Gasteiger partial charge in [0.15, 0.2) is 5.75 Å². The van der Waals surface area contributed by atoms with Crippen molar-refractivity contribution in [3.63, 3.8) is 0 Å². The van der Waals surface area contributed by atoms with Crippen molar-refractivity contribution >= 4 is 52.5 Å². The Kier molecular flexibility index (Phi) is 8.77. The van der Waals surface area contributed by atoms with Crippen LogP contribution in [-0.4, -0.2) is 40.4 Å². The summed E-state index contributed by atoms with van der Waals surface area (Å²) in [6.45, 7) is 5.22. The maximum atomic E-state index is 12.0. The number of carbonyl (C=O) groups excluding carboxylic acids is 3. The van der Waals surface area contributed by atoms with Gasteiger partial charge in [-0.3, -0.25) is 25.1 Å². The Balaban J connectivity index is 2.24. The van der Waals surface area contributed by atoms with Crippen LogP contribution in [0.5, 0.6) is 11.6 Å². The number of nitrogens with zero attached hydrogens (tertiary/aromatic N) is 2. The van der Waals surface area contributed by atoms with Crippen LogP contribution in [0.1, 0.15) is 32.3 Å². The van der Waals surface area contributed by atoms with Gasteiger partial charge in [0, 0.05) is 11.6 Å². The smallest absolute Gasteiger partial charge is 0.414 e. The summed E-state index contributed by atoms with van der Waals surface area (Å²) in [4.78, 5) is 46.7. The molecule has 1 aromatic heterocycles. The van der Waals surface area contributed by atoms with Crippen LogP contribution in [-0.2, 0) is 14.3 Å². The summed E-state index contributed by atoms with van der Waals surface area (Å²) in [6, 6.07) is 4.14. The number of hydrazone groups is 1. The third kappa shape index (κ3) is 6.92. The lowest BCUT2D eigenvalue weighted by molar-refractivity contribution is -0.117. The molecular formula is C19H20Cl2N6O6. The lowest BCUT2D eigenvalue weighted by Crippen LogP contribution is -2.42. The highest BCUT2D eigenvalue weighted by Crippen LogP contribution is 2.38. The lowest BCUT2D eigenvalue weighted by atomic mass is 10.1. The number of anilines is 1. The van der Waals surface area contributed by atoms with Crippen molar-refractivity contribution in [3.8, 4) is 11.6 Å². The summed E-state index contributed by atoms with van der Waals surface area (Å²) >= 11 is 12.5. The van der Waals surface area contributed by atoms with E-state index in [0.717, 1.165) is 0 Å². The number of H-pyrrole nitrogens is 1. The Bertz CT molecular complexity index is 1140. The fourth-order valence-corrected chi connectivity index (χ4v) is 2.93. The number of hydrogen-bond acceptors (Lipinski definition) is 9. The largest absolute Gasteiger partial charge is 0.450 e. The van der Waals surface area contributed by atoms with Crippen LogP contribution in [0.25, 0.3) is 0 Å². The Hall–Kier alpha value is -3.64. The van der Waals surface area contributed by atoms with E-state index in [-0.39, 0.29) is 45.4 Å². The quantitative estimate of drug-likeness (QED) is 0.243. The Labute approximate surface area is 197 Å². The van der Waals surface area contributed by atoms with Crippen molar-refractivity contribution in [1.82, 2.24) is 15.5 Å². The molecule has 2 aromatic rings. The number of primary amides is 1. The van der Waals surface area contributed by atoms with Gasteiger partial charge in [0.05, 0.1) is 22.3 Å². The number of alkyl carbamates (subject to hydrolysis) is 1. The molecule has 0 atom stereocenters. The molecule has 0 saturated carbocycles. The van der Waals surface area contributed by atoms with Crippen molar-refractivity contribution in [2.75, 3.05) is 12.0 Å². The summed E-state index contributed by atoms with van der Waals surface area (Å²) in [7, 11) is 0. The molecule has 1 heterocycles. The normalized spacial score (nSPS) is 11.2. The molecule has 1 aromatic carbocycles. The van der Waals surface area contributed by atoms with Crippen LogP contribution in [0.2, 0.25) is 10.0 Å². The van der Waals surface area contributed by atoms with Gasteiger partial charge in [0.2, 0.25) is 11.6 Å². The second-order valence-corrected chi connectivity index (χ2v) is 7.44. The SMILES string of the molecule is CCOC(=O)NC(=O)/C(=N/Nc1cc(Cl)c(Oc2cc(C(C)C)c(=O)[nH]n2)c(Cl)c1)C(N)=O. The van der Waals surface area contributed by atoms with Gasteiger partial charge in [-0.2, -0.15) is 5.10 Å². The van der Waals surface area contributed by atoms with E-state index >= 15 is 0 Å². The predicted octanol–water partition coefficient (Wildman–Crippen LogP) is 2.52. The van der Waals surface area contributed by atoms with Crippen LogP contribution in [0.4, 0.5) is 10.5 Å². The number of ether oxygens (including phenoxy) is 2. The number of carbonyl (C=O) groups is 3. The van der Waals surface area contributed by atoms with Crippen LogP contribution < -0.4 is 26.8 Å². The fourth-order valence-electron chi connectivity index (χ4n) is 2.37. The molecular weight excluding hydrogens is 479 g/mol. The highest BCUT2D eigenvalue weighted by atomic mass is 35.5. The zero-order valence-corrected chi connectivity index (χ0v) is 19.2. The summed E-state index contributed by atoms with van der Waals surface area (Å²) < 4.78 is 10.2. The van der Waals surface area contributed by atoms with Crippen molar-refractivity contribution in [2.24, 2.45) is 10.8 Å². The molecule has 0 saturated heterocycles. The van der Waals surface area contributed by atoms with Gasteiger partial charge in [-0.1, -0.05) is 37.0 Å². The number of aromatic nitrogens is 2. The van der Waals surface area contributed by atoms with Crippen molar-refractivity contribution in [2.45, 2.75) is 26.7 Å². The van der Waals surface area contributed by atoms with E-state index in [2.05, 4.69) is 25.5 Å². The number of nitrogens with two attached hydrogens (primary N) is 1. The summed E-state index contributed by atoms with van der Waals surface area (Å²) in [5.41, 5.74) is 7.02. The number of aromatic amines is 1. The Morgan fingerprint density at radius 2 is 1.85 bits per heavy atom. The van der Waals surface area contributed by atoms with E-state index < -0.39 is 23.6 Å². The molecule has 0 fully saturated rings. The zero-order valence-electron chi connectivity index (χ0n) is 17.7. The van der Waals surface area contributed by atoms with E-state index in [1.54, 1.807) is 5.32 Å². The molecule has 0 aliphatic heterocycles. The fraction of sp³-hybridized carbons (Fsp3) is 0.263. The van der Waals surface area contributed by atoms with Gasteiger partial charge in [-0.05, 0) is 25.0 Å². The second-order valence-electron chi connectivity index (χ2n) is 6.63. The van der Waals surface area contributed by atoms with Gasteiger partial charge in [-0.25, -0.2) is 9.89 Å². The molecule has 0 bridgehead atoms. The number of halogens is 2. The monoisotopic (exact) mass is 498 g/mol. The first-order valence-corrected chi connectivity index (χ1v) is 10.2. The van der Waals surface area contributed by atoms with Gasteiger partial charge < -0.3 is 15.2 Å². The van der Waals surface area contributed by atoms with E-state index in [1.165, 1.54) is 25.1 Å². The van der Waals surface area contributed by atoms with Crippen LogP contribution in [0.15, 0.2) is 28.1 Å². The molecule has 33 heavy (non-hydrogen) atoms. The van der Waals surface area contributed by atoms with Gasteiger partial charge in [0.25, 0.3) is 17.4 Å². The third-order valence-electron chi connectivity index (χ3n) is 3.87. The predicted molar refractivity (Wildman–Crippen MR) is 121 cm³/mol. The number of benzene rings is 1. The van der Waals surface area contributed by atoms with E-state index in [4.69, 9.17) is 33.7 Å². The highest BCUT2D eigenvalue weighted by molar-refractivity contribution is 6.65. The van der Waals surface area contributed by atoms with Crippen molar-refractivity contribution in [1.29, 1.82) is 0 Å². The van der Waals surface area contributed by atoms with Crippen molar-refractivity contribution < 1.29 is 23.9 Å².